The molecule has 0 saturated heterocycles. The van der Waals surface area contributed by atoms with Gasteiger partial charge in [0.05, 0.1) is 5.92 Å². The number of carbonyl (C=O) groups is 2. The number of aliphatic carboxylic acids is 1. The third-order valence-corrected chi connectivity index (χ3v) is 6.37. The highest BCUT2D eigenvalue weighted by molar-refractivity contribution is 5.87. The molecule has 18 heavy (non-hydrogen) atoms. The number of carbonyl (C=O) groups excluding carboxylic acids is 1. The van der Waals surface area contributed by atoms with E-state index in [1.54, 1.807) is 0 Å². The van der Waals surface area contributed by atoms with Gasteiger partial charge in [0.1, 0.15) is 5.78 Å². The zero-order chi connectivity index (χ0) is 13.3. The molecule has 0 unspecified atom stereocenters. The van der Waals surface area contributed by atoms with Crippen LogP contribution in [0.2, 0.25) is 0 Å². The van der Waals surface area contributed by atoms with Gasteiger partial charge in [-0.25, -0.2) is 0 Å². The highest BCUT2D eigenvalue weighted by atomic mass is 16.4. The second-order valence-corrected chi connectivity index (χ2v) is 7.35. The Morgan fingerprint density at radius 2 is 1.94 bits per heavy atom. The summed E-state index contributed by atoms with van der Waals surface area (Å²) in [6, 6.07) is 0. The van der Waals surface area contributed by atoms with Gasteiger partial charge in [-0.05, 0) is 41.9 Å². The summed E-state index contributed by atoms with van der Waals surface area (Å²) in [5, 5.41) is 9.56. The molecule has 0 spiro atoms. The van der Waals surface area contributed by atoms with Crippen LogP contribution in [0.25, 0.3) is 0 Å². The van der Waals surface area contributed by atoms with E-state index in [1.165, 1.54) is 0 Å². The van der Waals surface area contributed by atoms with Crippen molar-refractivity contribution in [1.29, 1.82) is 0 Å². The Hall–Kier alpha value is -0.860. The molecule has 0 amide bonds. The molecule has 3 saturated carbocycles. The molecule has 0 aliphatic heterocycles. The smallest absolute Gasteiger partial charge is 0.307 e. The van der Waals surface area contributed by atoms with Gasteiger partial charge in [-0.2, -0.15) is 0 Å². The fraction of sp³-hybridized carbons (Fsp3) is 0.867. The van der Waals surface area contributed by atoms with Crippen LogP contribution in [0.5, 0.6) is 0 Å². The molecule has 1 N–H and O–H groups in total. The Morgan fingerprint density at radius 3 is 2.56 bits per heavy atom. The van der Waals surface area contributed by atoms with Crippen LogP contribution >= 0.6 is 0 Å². The molecular weight excluding hydrogens is 228 g/mol. The number of carboxylic acid groups (broad SMARTS) is 1. The van der Waals surface area contributed by atoms with E-state index < -0.39 is 5.97 Å². The summed E-state index contributed by atoms with van der Waals surface area (Å²) in [4.78, 5) is 23.7. The summed E-state index contributed by atoms with van der Waals surface area (Å²) < 4.78 is 0. The lowest BCUT2D eigenvalue weighted by molar-refractivity contribution is -0.152. The maximum atomic E-state index is 12.1. The van der Waals surface area contributed by atoms with E-state index in [9.17, 15) is 14.7 Å². The maximum absolute atomic E-state index is 12.1. The zero-order valence-electron chi connectivity index (χ0n) is 11.4. The molecule has 2 bridgehead atoms. The Bertz CT molecular complexity index is 425. The summed E-state index contributed by atoms with van der Waals surface area (Å²) in [6.07, 6.45) is 3.28. The summed E-state index contributed by atoms with van der Waals surface area (Å²) in [5.74, 6) is 0.119. The van der Waals surface area contributed by atoms with Crippen LogP contribution in [-0.2, 0) is 9.59 Å². The molecule has 0 aromatic carbocycles. The molecule has 3 heteroatoms. The molecular formula is C15H22O3. The second kappa shape index (κ2) is 3.37. The largest absolute Gasteiger partial charge is 0.481 e. The van der Waals surface area contributed by atoms with E-state index in [2.05, 4.69) is 13.8 Å². The third kappa shape index (κ3) is 1.20. The normalized spacial score (nSPS) is 49.2. The van der Waals surface area contributed by atoms with Gasteiger partial charge in [0, 0.05) is 12.3 Å². The summed E-state index contributed by atoms with van der Waals surface area (Å²) in [6.45, 7) is 6.50. The van der Waals surface area contributed by atoms with Crippen LogP contribution in [0.3, 0.4) is 0 Å². The lowest BCUT2D eigenvalue weighted by Crippen LogP contribution is -2.44. The van der Waals surface area contributed by atoms with E-state index in [-0.39, 0.29) is 22.7 Å². The predicted octanol–water partition coefficient (Wildman–Crippen LogP) is 2.74. The fourth-order valence-corrected chi connectivity index (χ4v) is 5.71. The monoisotopic (exact) mass is 250 g/mol. The SMILES string of the molecule is C[C@H]1C(=O)C[C@@H]2[C@H]3CC[C@@H](C(=O)O)[C@]21CC3(C)C. The number of Topliss-reactive ketones (excluding diaryl/α,β-unsaturated/α-hetero) is 1. The molecule has 100 valence electrons. The minimum atomic E-state index is -0.683. The Kier molecular flexibility index (Phi) is 2.28. The van der Waals surface area contributed by atoms with Crippen molar-refractivity contribution in [3.05, 3.63) is 0 Å². The van der Waals surface area contributed by atoms with Gasteiger partial charge in [-0.3, -0.25) is 9.59 Å². The first-order valence-corrected chi connectivity index (χ1v) is 7.06. The summed E-state index contributed by atoms with van der Waals surface area (Å²) >= 11 is 0. The van der Waals surface area contributed by atoms with Gasteiger partial charge >= 0.3 is 5.97 Å². The first-order chi connectivity index (χ1) is 8.30. The molecule has 0 aromatic heterocycles. The van der Waals surface area contributed by atoms with Gasteiger partial charge in [0.2, 0.25) is 0 Å². The van der Waals surface area contributed by atoms with Gasteiger partial charge in [0.25, 0.3) is 0 Å². The van der Waals surface area contributed by atoms with E-state index in [4.69, 9.17) is 0 Å². The van der Waals surface area contributed by atoms with Gasteiger partial charge in [0.15, 0.2) is 0 Å². The van der Waals surface area contributed by atoms with Crippen molar-refractivity contribution in [2.45, 2.75) is 46.5 Å². The molecule has 3 nitrogen and oxygen atoms in total. The number of carboxylic acids is 1. The minimum absolute atomic E-state index is 0.0619. The predicted molar refractivity (Wildman–Crippen MR) is 67.0 cm³/mol. The standard InChI is InChI=1S/C15H22O3/c1-8-12(16)6-11-9-4-5-10(13(17)18)15(8,11)7-14(9,2)3/h8-11H,4-7H2,1-3H3,(H,17,18)/t8-,9+,10-,11+,15+/m0/s1. The lowest BCUT2D eigenvalue weighted by atomic mass is 9.59. The van der Waals surface area contributed by atoms with Crippen LogP contribution < -0.4 is 0 Å². The van der Waals surface area contributed by atoms with Crippen LogP contribution in [-0.4, -0.2) is 16.9 Å². The van der Waals surface area contributed by atoms with Gasteiger partial charge in [-0.1, -0.05) is 20.8 Å². The van der Waals surface area contributed by atoms with E-state index in [0.29, 0.717) is 24.0 Å². The topological polar surface area (TPSA) is 54.4 Å². The maximum Gasteiger partial charge on any atom is 0.307 e. The van der Waals surface area contributed by atoms with Crippen molar-refractivity contribution in [2.24, 2.45) is 34.5 Å². The van der Waals surface area contributed by atoms with Crippen molar-refractivity contribution < 1.29 is 14.7 Å². The second-order valence-electron chi connectivity index (χ2n) is 7.35. The molecule has 3 aliphatic carbocycles. The van der Waals surface area contributed by atoms with E-state index >= 15 is 0 Å². The quantitative estimate of drug-likeness (QED) is 0.778. The molecule has 5 atom stereocenters. The Labute approximate surface area is 108 Å². The van der Waals surface area contributed by atoms with Crippen LogP contribution in [0.1, 0.15) is 46.5 Å². The highest BCUT2D eigenvalue weighted by Gasteiger charge is 2.69. The lowest BCUT2D eigenvalue weighted by Gasteiger charge is -2.43. The molecule has 0 radical (unpaired) electrons. The summed E-state index contributed by atoms with van der Waals surface area (Å²) in [5.41, 5.74) is -0.0425. The van der Waals surface area contributed by atoms with Crippen molar-refractivity contribution in [3.8, 4) is 0 Å². The Morgan fingerprint density at radius 1 is 1.28 bits per heavy atom. The van der Waals surface area contributed by atoms with Crippen molar-refractivity contribution in [1.82, 2.24) is 0 Å². The van der Waals surface area contributed by atoms with Crippen molar-refractivity contribution >= 4 is 11.8 Å². The van der Waals surface area contributed by atoms with Gasteiger partial charge < -0.3 is 5.11 Å². The highest BCUT2D eigenvalue weighted by Crippen LogP contribution is 2.72. The molecule has 3 aliphatic rings. The molecule has 3 rings (SSSR count). The third-order valence-electron chi connectivity index (χ3n) is 6.37. The molecule has 0 aromatic rings. The van der Waals surface area contributed by atoms with Crippen LogP contribution in [0.4, 0.5) is 0 Å². The van der Waals surface area contributed by atoms with E-state index in [1.807, 2.05) is 6.92 Å². The van der Waals surface area contributed by atoms with Crippen LogP contribution in [0.15, 0.2) is 0 Å². The first-order valence-electron chi connectivity index (χ1n) is 7.06. The minimum Gasteiger partial charge on any atom is -0.481 e. The molecule has 3 fully saturated rings. The summed E-state index contributed by atoms with van der Waals surface area (Å²) in [7, 11) is 0. The number of hydrogen-bond donors (Lipinski definition) is 1. The number of rotatable bonds is 1. The Balaban J connectivity index is 2.13. The zero-order valence-corrected chi connectivity index (χ0v) is 11.4. The van der Waals surface area contributed by atoms with Crippen LogP contribution in [0, 0.1) is 34.5 Å². The fourth-order valence-electron chi connectivity index (χ4n) is 5.71. The average Bonchev–Trinajstić information content (AvgIpc) is 2.57. The number of hydrogen-bond acceptors (Lipinski definition) is 2. The van der Waals surface area contributed by atoms with Crippen molar-refractivity contribution in [3.63, 3.8) is 0 Å². The average molecular weight is 250 g/mol. The van der Waals surface area contributed by atoms with Gasteiger partial charge in [-0.15, -0.1) is 0 Å². The number of ketones is 1. The van der Waals surface area contributed by atoms with E-state index in [0.717, 1.165) is 19.3 Å². The van der Waals surface area contributed by atoms with Crippen molar-refractivity contribution in [2.75, 3.05) is 0 Å². The first kappa shape index (κ1) is 12.2. The molecule has 0 heterocycles.